The van der Waals surface area contributed by atoms with Gasteiger partial charge in [0.05, 0.1) is 6.10 Å². The van der Waals surface area contributed by atoms with Crippen LogP contribution in [0.5, 0.6) is 0 Å². The summed E-state index contributed by atoms with van der Waals surface area (Å²) in [6.07, 6.45) is 0.0766. The van der Waals surface area contributed by atoms with Crippen molar-refractivity contribution in [2.24, 2.45) is 0 Å². The van der Waals surface area contributed by atoms with E-state index in [0.717, 1.165) is 25.7 Å². The molecule has 0 aromatic heterocycles. The third kappa shape index (κ3) is 9.35. The fraction of sp³-hybridized carbons (Fsp3) is 0.941. The van der Waals surface area contributed by atoms with Crippen molar-refractivity contribution >= 4 is 40.9 Å². The Kier molecular flexibility index (Phi) is 11.6. The second-order valence-corrected chi connectivity index (χ2v) is 8.99. The number of carbonyl (C=O) groups is 1. The lowest BCUT2D eigenvalue weighted by molar-refractivity contribution is -0.260. The number of unbranched alkanes of at least 4 members (excludes halogenated alkanes) is 2. The van der Waals surface area contributed by atoms with E-state index in [2.05, 4.69) is 12.2 Å². The first-order valence-corrected chi connectivity index (χ1v) is 10.4. The summed E-state index contributed by atoms with van der Waals surface area (Å²) in [4.78, 5) is 12.1. The van der Waals surface area contributed by atoms with Gasteiger partial charge in [-0.3, -0.25) is 0 Å². The van der Waals surface area contributed by atoms with Crippen molar-refractivity contribution in [2.45, 2.75) is 80.9 Å². The van der Waals surface area contributed by atoms with Crippen LogP contribution in [0.15, 0.2) is 0 Å². The molecule has 2 unspecified atom stereocenters. The molecule has 0 radical (unpaired) electrons. The predicted molar refractivity (Wildman–Crippen MR) is 104 cm³/mol. The van der Waals surface area contributed by atoms with Gasteiger partial charge in [0, 0.05) is 13.2 Å². The summed E-state index contributed by atoms with van der Waals surface area (Å²) in [6.45, 7) is 6.48. The third-order valence-corrected chi connectivity index (χ3v) is 4.40. The number of hydrogen-bond donors (Lipinski definition) is 2. The quantitative estimate of drug-likeness (QED) is 0.391. The fourth-order valence-corrected chi connectivity index (χ4v) is 2.81. The Hall–Kier alpha value is -0.0200. The topological polar surface area (TPSA) is 86.3 Å². The molecule has 0 saturated carbocycles. The van der Waals surface area contributed by atoms with E-state index in [0.29, 0.717) is 13.2 Å². The molecule has 0 aromatic rings. The SMILES string of the molecule is CCCCO[C@@H]1C(NC(=O)OCC(Cl)(Cl)Cl)[C@@H](O)OC(C)[C@@H]1OCCCC. The first-order chi connectivity index (χ1) is 12.7. The number of aliphatic hydroxyl groups is 1. The number of nitrogens with one attached hydrogen (secondary N) is 1. The summed E-state index contributed by atoms with van der Waals surface area (Å²) in [7, 11) is 0. The van der Waals surface area contributed by atoms with Gasteiger partial charge in [-0.2, -0.15) is 0 Å². The van der Waals surface area contributed by atoms with Crippen molar-refractivity contribution in [1.29, 1.82) is 0 Å². The lowest BCUT2D eigenvalue weighted by Crippen LogP contribution is -2.64. The molecule has 1 rings (SSSR count). The number of amides is 1. The smallest absolute Gasteiger partial charge is 0.407 e. The van der Waals surface area contributed by atoms with Crippen molar-refractivity contribution in [3.63, 3.8) is 0 Å². The van der Waals surface area contributed by atoms with Gasteiger partial charge in [0.2, 0.25) is 3.79 Å². The van der Waals surface area contributed by atoms with Crippen molar-refractivity contribution in [2.75, 3.05) is 19.8 Å². The van der Waals surface area contributed by atoms with Gasteiger partial charge in [-0.15, -0.1) is 0 Å². The molecule has 1 aliphatic rings. The Morgan fingerprint density at radius 1 is 1.11 bits per heavy atom. The fourth-order valence-electron chi connectivity index (χ4n) is 2.65. The van der Waals surface area contributed by atoms with Gasteiger partial charge in [0.25, 0.3) is 0 Å². The summed E-state index contributed by atoms with van der Waals surface area (Å²) in [5.41, 5.74) is 0. The van der Waals surface area contributed by atoms with Crippen LogP contribution in [-0.2, 0) is 18.9 Å². The largest absolute Gasteiger partial charge is 0.445 e. The molecule has 1 heterocycles. The van der Waals surface area contributed by atoms with Gasteiger partial charge in [0.1, 0.15) is 24.9 Å². The number of ether oxygens (including phenoxy) is 4. The minimum atomic E-state index is -1.73. The molecule has 1 aliphatic heterocycles. The van der Waals surface area contributed by atoms with Crippen molar-refractivity contribution < 1.29 is 28.8 Å². The molecule has 0 bridgehead atoms. The van der Waals surface area contributed by atoms with Crippen LogP contribution in [0.25, 0.3) is 0 Å². The van der Waals surface area contributed by atoms with Crippen LogP contribution in [0.2, 0.25) is 0 Å². The minimum Gasteiger partial charge on any atom is -0.445 e. The van der Waals surface area contributed by atoms with E-state index >= 15 is 0 Å². The van der Waals surface area contributed by atoms with E-state index in [-0.39, 0.29) is 0 Å². The summed E-state index contributed by atoms with van der Waals surface area (Å²) in [5.74, 6) is 0. The Morgan fingerprint density at radius 3 is 2.19 bits per heavy atom. The normalized spacial score (nSPS) is 28.8. The monoisotopic (exact) mass is 449 g/mol. The standard InChI is InChI=1S/C17H30Cl3NO6/c1-4-6-8-24-13-11(3)27-15(22)12(14(13)25-9-7-5-2)21-16(23)26-10-17(18,19)20/h11-15,22H,4-10H2,1-3H3,(H,21,23)/t11?,12?,13-,14+,15-/m0/s1. The maximum Gasteiger partial charge on any atom is 0.407 e. The van der Waals surface area contributed by atoms with Gasteiger partial charge in [-0.1, -0.05) is 61.5 Å². The van der Waals surface area contributed by atoms with Crippen LogP contribution in [0.3, 0.4) is 0 Å². The van der Waals surface area contributed by atoms with Gasteiger partial charge >= 0.3 is 6.09 Å². The number of alkyl halides is 3. The number of alkyl carbamates (subject to hydrolysis) is 1. The van der Waals surface area contributed by atoms with E-state index in [1.807, 2.05) is 6.92 Å². The number of hydrogen-bond acceptors (Lipinski definition) is 6. The molecule has 0 aliphatic carbocycles. The molecule has 1 fully saturated rings. The van der Waals surface area contributed by atoms with Gasteiger partial charge < -0.3 is 29.4 Å². The highest BCUT2D eigenvalue weighted by Gasteiger charge is 2.46. The van der Waals surface area contributed by atoms with Crippen LogP contribution in [0.4, 0.5) is 4.79 Å². The molecule has 5 atom stereocenters. The third-order valence-electron chi connectivity index (χ3n) is 4.07. The van der Waals surface area contributed by atoms with E-state index in [9.17, 15) is 9.90 Å². The van der Waals surface area contributed by atoms with E-state index < -0.39 is 47.1 Å². The summed E-state index contributed by atoms with van der Waals surface area (Å²) in [6, 6.07) is -0.882. The van der Waals surface area contributed by atoms with Crippen LogP contribution in [0, 0.1) is 0 Å². The van der Waals surface area contributed by atoms with Crippen LogP contribution in [0.1, 0.15) is 46.5 Å². The number of rotatable bonds is 10. The summed E-state index contributed by atoms with van der Waals surface area (Å²) < 4.78 is 20.6. The number of aliphatic hydroxyl groups excluding tert-OH is 1. The molecule has 160 valence electrons. The zero-order chi connectivity index (χ0) is 20.4. The van der Waals surface area contributed by atoms with E-state index in [4.69, 9.17) is 53.8 Å². The van der Waals surface area contributed by atoms with Gasteiger partial charge in [-0.25, -0.2) is 4.79 Å². The lowest BCUT2D eigenvalue weighted by Gasteiger charge is -2.43. The molecule has 10 heteroatoms. The minimum absolute atomic E-state index is 0.404. The maximum absolute atomic E-state index is 12.1. The molecule has 1 saturated heterocycles. The predicted octanol–water partition coefficient (Wildman–Crippen LogP) is 3.56. The van der Waals surface area contributed by atoms with Crippen LogP contribution in [-0.4, -0.2) is 65.5 Å². The Labute approximate surface area is 175 Å². The molecule has 0 spiro atoms. The molecule has 0 aromatic carbocycles. The second-order valence-electron chi connectivity index (χ2n) is 6.47. The van der Waals surface area contributed by atoms with E-state index in [1.165, 1.54) is 0 Å². The van der Waals surface area contributed by atoms with Crippen LogP contribution >= 0.6 is 34.8 Å². The van der Waals surface area contributed by atoms with E-state index in [1.54, 1.807) is 6.92 Å². The number of carbonyl (C=O) groups excluding carboxylic acids is 1. The average molecular weight is 451 g/mol. The molecule has 1 amide bonds. The van der Waals surface area contributed by atoms with Crippen molar-refractivity contribution in [1.82, 2.24) is 5.32 Å². The van der Waals surface area contributed by atoms with Crippen molar-refractivity contribution in [3.8, 4) is 0 Å². The first kappa shape index (κ1) is 25.0. The second kappa shape index (κ2) is 12.5. The van der Waals surface area contributed by atoms with Crippen LogP contribution < -0.4 is 5.32 Å². The summed E-state index contributed by atoms with van der Waals surface area (Å²) >= 11 is 16.7. The Balaban J connectivity index is 2.81. The first-order valence-electron chi connectivity index (χ1n) is 9.26. The highest BCUT2D eigenvalue weighted by Crippen LogP contribution is 2.27. The van der Waals surface area contributed by atoms with Gasteiger partial charge in [-0.05, 0) is 19.8 Å². The molecular weight excluding hydrogens is 421 g/mol. The van der Waals surface area contributed by atoms with Gasteiger partial charge in [0.15, 0.2) is 6.29 Å². The molecular formula is C17H30Cl3NO6. The maximum atomic E-state index is 12.1. The zero-order valence-corrected chi connectivity index (χ0v) is 18.2. The molecule has 2 N–H and O–H groups in total. The summed E-state index contributed by atoms with van der Waals surface area (Å²) in [5, 5.41) is 12.9. The number of halogens is 3. The average Bonchev–Trinajstić information content (AvgIpc) is 2.58. The highest BCUT2D eigenvalue weighted by atomic mass is 35.6. The molecule has 27 heavy (non-hydrogen) atoms. The highest BCUT2D eigenvalue weighted by molar-refractivity contribution is 6.67. The lowest BCUT2D eigenvalue weighted by atomic mass is 9.97. The van der Waals surface area contributed by atoms with Crippen molar-refractivity contribution in [3.05, 3.63) is 0 Å². The zero-order valence-electron chi connectivity index (χ0n) is 16.0. The Morgan fingerprint density at radius 2 is 1.67 bits per heavy atom. The Bertz CT molecular complexity index is 437. The molecule has 7 nitrogen and oxygen atoms in total.